The van der Waals surface area contributed by atoms with Crippen molar-refractivity contribution in [3.8, 4) is 0 Å². The van der Waals surface area contributed by atoms with Crippen LogP contribution < -0.4 is 5.32 Å². The van der Waals surface area contributed by atoms with Crippen LogP contribution >= 0.6 is 11.3 Å². The Morgan fingerprint density at radius 3 is 2.00 bits per heavy atom. The van der Waals surface area contributed by atoms with Gasteiger partial charge in [-0.1, -0.05) is 102 Å². The Morgan fingerprint density at radius 1 is 0.875 bits per heavy atom. The fraction of sp³-hybridized carbons (Fsp3) is 0.125. The molecule has 0 fully saturated rings. The van der Waals surface area contributed by atoms with Gasteiger partial charge in [-0.3, -0.25) is 4.98 Å². The van der Waals surface area contributed by atoms with Crippen LogP contribution in [0.25, 0.3) is 0 Å². The van der Waals surface area contributed by atoms with Crippen molar-refractivity contribution in [1.82, 2.24) is 9.97 Å². The van der Waals surface area contributed by atoms with E-state index in [1.54, 1.807) is 24.7 Å². The number of nitrogens with one attached hydrogen (secondary N) is 1. The van der Waals surface area contributed by atoms with Crippen molar-refractivity contribution in [2.45, 2.75) is 19.1 Å². The number of thiazole rings is 1. The van der Waals surface area contributed by atoms with Gasteiger partial charge < -0.3 is 14.9 Å². The molecule has 0 atom stereocenters. The van der Waals surface area contributed by atoms with Crippen LogP contribution in [-0.2, 0) is 26.5 Å². The molecule has 7 nitrogen and oxygen atoms in total. The lowest BCUT2D eigenvalue weighted by Gasteiger charge is -2.36. The van der Waals surface area contributed by atoms with Gasteiger partial charge in [-0.2, -0.15) is 0 Å². The van der Waals surface area contributed by atoms with E-state index in [1.165, 1.54) is 11.3 Å². The van der Waals surface area contributed by atoms with E-state index in [4.69, 9.17) is 14.6 Å². The second kappa shape index (κ2) is 12.8. The number of ether oxygens (including phenoxy) is 1. The van der Waals surface area contributed by atoms with Crippen LogP contribution in [0.1, 0.15) is 34.9 Å². The monoisotopic (exact) mass is 548 g/mol. The zero-order valence-electron chi connectivity index (χ0n) is 21.9. The highest BCUT2D eigenvalue weighted by Crippen LogP contribution is 2.40. The number of carbonyl (C=O) groups is 1. The predicted octanol–water partition coefficient (Wildman–Crippen LogP) is 6.43. The van der Waals surface area contributed by atoms with Crippen molar-refractivity contribution in [3.05, 3.63) is 149 Å². The Morgan fingerprint density at radius 2 is 1.48 bits per heavy atom. The van der Waals surface area contributed by atoms with E-state index in [9.17, 15) is 4.79 Å². The molecule has 5 rings (SSSR count). The summed E-state index contributed by atoms with van der Waals surface area (Å²) in [4.78, 5) is 27.2. The van der Waals surface area contributed by atoms with Crippen LogP contribution in [0.2, 0.25) is 0 Å². The molecule has 0 saturated carbocycles. The van der Waals surface area contributed by atoms with Crippen LogP contribution in [0.15, 0.2) is 126 Å². The van der Waals surface area contributed by atoms with Gasteiger partial charge in [0.15, 0.2) is 5.13 Å². The lowest BCUT2D eigenvalue weighted by Crippen LogP contribution is -2.38. The number of hydrogen-bond donors (Lipinski definition) is 1. The SMILES string of the molecule is CCOC(=O)/C(=N/OCc1cccnc1)c1csc(NC(c2ccccc2)(c2ccccc2)c2ccccc2)n1. The molecule has 8 heteroatoms. The molecule has 0 radical (unpaired) electrons. The highest BCUT2D eigenvalue weighted by Gasteiger charge is 2.37. The van der Waals surface area contributed by atoms with E-state index in [0.29, 0.717) is 10.8 Å². The molecule has 0 amide bonds. The lowest BCUT2D eigenvalue weighted by molar-refractivity contribution is -0.135. The maximum absolute atomic E-state index is 12.8. The average molecular weight is 549 g/mol. The highest BCUT2D eigenvalue weighted by atomic mass is 32.1. The molecule has 0 aliphatic carbocycles. The Labute approximate surface area is 237 Å². The Balaban J connectivity index is 1.54. The van der Waals surface area contributed by atoms with Gasteiger partial charge in [-0.15, -0.1) is 11.3 Å². The van der Waals surface area contributed by atoms with Crippen molar-refractivity contribution >= 4 is 28.1 Å². The third kappa shape index (κ3) is 5.92. The summed E-state index contributed by atoms with van der Waals surface area (Å²) in [6.07, 6.45) is 3.36. The molecule has 200 valence electrons. The smallest absolute Gasteiger partial charge is 0.362 e. The van der Waals surface area contributed by atoms with Crippen LogP contribution in [0.4, 0.5) is 5.13 Å². The minimum absolute atomic E-state index is 0.000210. The summed E-state index contributed by atoms with van der Waals surface area (Å²) in [5.74, 6) is -0.606. The average Bonchev–Trinajstić information content (AvgIpc) is 3.48. The number of aromatic nitrogens is 2. The van der Waals surface area contributed by atoms with E-state index in [0.717, 1.165) is 22.3 Å². The molecule has 3 aromatic carbocycles. The predicted molar refractivity (Wildman–Crippen MR) is 157 cm³/mol. The molecule has 2 heterocycles. The summed E-state index contributed by atoms with van der Waals surface area (Å²) in [6, 6.07) is 34.4. The topological polar surface area (TPSA) is 85.7 Å². The van der Waals surface area contributed by atoms with Gasteiger partial charge in [-0.05, 0) is 29.7 Å². The molecular formula is C32H28N4O3S. The van der Waals surface area contributed by atoms with Gasteiger partial charge in [-0.25, -0.2) is 9.78 Å². The standard InChI is InChI=1S/C32H28N4O3S/c1-2-38-30(37)29(36-39-22-24-13-12-20-33-21-24)28-23-40-31(34-28)35-32(25-14-6-3-7-15-25,26-16-8-4-9-17-26)27-18-10-5-11-19-27/h3-21,23H,2,22H2,1H3,(H,34,35)/b36-29+. The molecule has 5 aromatic rings. The normalized spacial score (nSPS) is 11.6. The zero-order chi connectivity index (χ0) is 27.6. The molecule has 0 spiro atoms. The number of hydrogen-bond acceptors (Lipinski definition) is 8. The van der Waals surface area contributed by atoms with Crippen LogP contribution in [0, 0.1) is 0 Å². The first-order valence-electron chi connectivity index (χ1n) is 12.9. The minimum atomic E-state index is -0.753. The Bertz CT molecular complexity index is 1450. The minimum Gasteiger partial charge on any atom is -0.461 e. The number of rotatable bonds is 11. The largest absolute Gasteiger partial charge is 0.461 e. The fourth-order valence-corrected chi connectivity index (χ4v) is 5.17. The quantitative estimate of drug-likeness (QED) is 0.0887. The van der Waals surface area contributed by atoms with Crippen LogP contribution in [0.5, 0.6) is 0 Å². The van der Waals surface area contributed by atoms with E-state index in [-0.39, 0.29) is 18.9 Å². The summed E-state index contributed by atoms with van der Waals surface area (Å²) < 4.78 is 5.26. The maximum atomic E-state index is 12.8. The van der Waals surface area contributed by atoms with E-state index in [1.807, 2.05) is 66.7 Å². The van der Waals surface area contributed by atoms with Crippen molar-refractivity contribution in [2.75, 3.05) is 11.9 Å². The second-order valence-corrected chi connectivity index (χ2v) is 9.66. The molecule has 40 heavy (non-hydrogen) atoms. The number of benzene rings is 3. The number of oxime groups is 1. The van der Waals surface area contributed by atoms with Crippen molar-refractivity contribution < 1.29 is 14.4 Å². The van der Waals surface area contributed by atoms with Crippen molar-refractivity contribution in [2.24, 2.45) is 5.16 Å². The fourth-order valence-electron chi connectivity index (χ4n) is 4.42. The first-order valence-corrected chi connectivity index (χ1v) is 13.8. The van der Waals surface area contributed by atoms with E-state index >= 15 is 0 Å². The molecule has 0 aliphatic heterocycles. The summed E-state index contributed by atoms with van der Waals surface area (Å²) in [5.41, 5.74) is 3.57. The van der Waals surface area contributed by atoms with Crippen LogP contribution in [0.3, 0.4) is 0 Å². The molecule has 2 aromatic heterocycles. The van der Waals surface area contributed by atoms with Gasteiger partial charge >= 0.3 is 5.97 Å². The number of anilines is 1. The Kier molecular flexibility index (Phi) is 8.58. The summed E-state index contributed by atoms with van der Waals surface area (Å²) in [6.45, 7) is 2.11. The number of esters is 1. The summed E-state index contributed by atoms with van der Waals surface area (Å²) in [7, 11) is 0. The second-order valence-electron chi connectivity index (χ2n) is 8.81. The van der Waals surface area contributed by atoms with Gasteiger partial charge in [0.25, 0.3) is 0 Å². The molecular weight excluding hydrogens is 520 g/mol. The van der Waals surface area contributed by atoms with Gasteiger partial charge in [0.2, 0.25) is 5.71 Å². The van der Waals surface area contributed by atoms with Crippen molar-refractivity contribution in [1.29, 1.82) is 0 Å². The summed E-state index contributed by atoms with van der Waals surface area (Å²) >= 11 is 1.38. The molecule has 0 bridgehead atoms. The maximum Gasteiger partial charge on any atom is 0.362 e. The third-order valence-corrected chi connectivity index (χ3v) is 7.00. The van der Waals surface area contributed by atoms with Gasteiger partial charge in [0.1, 0.15) is 17.8 Å². The molecule has 0 aliphatic rings. The zero-order valence-corrected chi connectivity index (χ0v) is 22.8. The Hall–Kier alpha value is -4.82. The van der Waals surface area contributed by atoms with Crippen molar-refractivity contribution in [3.63, 3.8) is 0 Å². The first kappa shape index (κ1) is 26.8. The van der Waals surface area contributed by atoms with E-state index in [2.05, 4.69) is 51.9 Å². The summed E-state index contributed by atoms with van der Waals surface area (Å²) in [5, 5.41) is 10.2. The third-order valence-electron chi connectivity index (χ3n) is 6.24. The highest BCUT2D eigenvalue weighted by molar-refractivity contribution is 7.14. The molecule has 0 unspecified atom stereocenters. The lowest BCUT2D eigenvalue weighted by atomic mass is 9.77. The number of pyridine rings is 1. The van der Waals surface area contributed by atoms with Gasteiger partial charge in [0, 0.05) is 23.3 Å². The van der Waals surface area contributed by atoms with Gasteiger partial charge in [0.05, 0.1) is 6.61 Å². The number of carbonyl (C=O) groups excluding carboxylic acids is 1. The number of nitrogens with zero attached hydrogens (tertiary/aromatic N) is 3. The molecule has 0 saturated heterocycles. The first-order chi connectivity index (χ1) is 19.7. The van der Waals surface area contributed by atoms with E-state index < -0.39 is 11.5 Å². The molecule has 1 N–H and O–H groups in total. The van der Waals surface area contributed by atoms with Crippen LogP contribution in [-0.4, -0.2) is 28.3 Å².